The van der Waals surface area contributed by atoms with Crippen molar-refractivity contribution < 1.29 is 14.0 Å². The number of amides is 2. The second kappa shape index (κ2) is 8.49. The van der Waals surface area contributed by atoms with E-state index in [-0.39, 0.29) is 23.4 Å². The third-order valence-corrected chi connectivity index (χ3v) is 4.08. The molecule has 3 rings (SSSR count). The van der Waals surface area contributed by atoms with Crippen LogP contribution in [-0.4, -0.2) is 24.6 Å². The summed E-state index contributed by atoms with van der Waals surface area (Å²) < 4.78 is 5.35. The molecule has 1 aromatic heterocycles. The van der Waals surface area contributed by atoms with Gasteiger partial charge in [-0.05, 0) is 37.3 Å². The molecule has 0 spiro atoms. The number of fused-ring (bicyclic) bond motifs is 1. The van der Waals surface area contributed by atoms with E-state index >= 15 is 0 Å². The first-order chi connectivity index (χ1) is 13.4. The molecule has 0 aliphatic heterocycles. The fourth-order valence-electron chi connectivity index (χ4n) is 2.47. The number of rotatable bonds is 5. The molecule has 0 atom stereocenters. The van der Waals surface area contributed by atoms with E-state index < -0.39 is 5.91 Å². The van der Waals surface area contributed by atoms with Gasteiger partial charge in [0, 0.05) is 10.6 Å². The number of aryl methyl sites for hydroxylation is 1. The van der Waals surface area contributed by atoms with E-state index in [9.17, 15) is 14.4 Å². The van der Waals surface area contributed by atoms with E-state index in [1.165, 1.54) is 18.5 Å². The largest absolute Gasteiger partial charge is 0.463 e. The topological polar surface area (TPSA) is 101 Å². The predicted octanol–water partition coefficient (Wildman–Crippen LogP) is 2.63. The summed E-state index contributed by atoms with van der Waals surface area (Å²) in [4.78, 5) is 36.2. The molecule has 0 aliphatic carbocycles. The van der Waals surface area contributed by atoms with Crippen LogP contribution in [0.3, 0.4) is 0 Å². The van der Waals surface area contributed by atoms with Crippen molar-refractivity contribution in [3.05, 3.63) is 80.7 Å². The Morgan fingerprint density at radius 3 is 2.82 bits per heavy atom. The predicted molar refractivity (Wildman–Crippen MR) is 107 cm³/mol. The Hall–Kier alpha value is -3.45. The van der Waals surface area contributed by atoms with Gasteiger partial charge in [0.25, 0.3) is 11.8 Å². The number of nitrogens with zero attached hydrogens (tertiary/aromatic N) is 1. The zero-order valence-electron chi connectivity index (χ0n) is 14.9. The highest BCUT2D eigenvalue weighted by atomic mass is 35.5. The van der Waals surface area contributed by atoms with Gasteiger partial charge in [-0.2, -0.15) is 5.10 Å². The highest BCUT2D eigenvalue weighted by molar-refractivity contribution is 6.31. The maximum absolute atomic E-state index is 12.4. The summed E-state index contributed by atoms with van der Waals surface area (Å²) in [5, 5.41) is 6.95. The lowest BCUT2D eigenvalue weighted by Gasteiger charge is -2.05. The fourth-order valence-corrected chi connectivity index (χ4v) is 2.64. The normalized spacial score (nSPS) is 10.9. The van der Waals surface area contributed by atoms with E-state index in [1.54, 1.807) is 30.3 Å². The van der Waals surface area contributed by atoms with Gasteiger partial charge < -0.3 is 9.73 Å². The van der Waals surface area contributed by atoms with Crippen LogP contribution in [0.1, 0.15) is 21.5 Å². The number of nitrogens with one attached hydrogen (secondary N) is 2. The van der Waals surface area contributed by atoms with Crippen molar-refractivity contribution in [3.8, 4) is 0 Å². The first kappa shape index (κ1) is 19.3. The lowest BCUT2D eigenvalue weighted by atomic mass is 10.1. The van der Waals surface area contributed by atoms with Crippen molar-refractivity contribution in [3.63, 3.8) is 0 Å². The quantitative estimate of drug-likeness (QED) is 0.510. The lowest BCUT2D eigenvalue weighted by Crippen LogP contribution is -2.35. The summed E-state index contributed by atoms with van der Waals surface area (Å²) in [7, 11) is 0. The van der Waals surface area contributed by atoms with Crippen molar-refractivity contribution in [1.29, 1.82) is 0 Å². The van der Waals surface area contributed by atoms with Gasteiger partial charge in [-0.25, -0.2) is 5.43 Å². The molecule has 0 saturated heterocycles. The van der Waals surface area contributed by atoms with Gasteiger partial charge >= 0.3 is 0 Å². The van der Waals surface area contributed by atoms with Crippen molar-refractivity contribution in [2.45, 2.75) is 6.92 Å². The van der Waals surface area contributed by atoms with Gasteiger partial charge in [-0.3, -0.25) is 14.4 Å². The monoisotopic (exact) mass is 397 g/mol. The van der Waals surface area contributed by atoms with Crippen LogP contribution in [0.2, 0.25) is 5.02 Å². The standard InChI is InChI=1S/C20H16ClN3O4/c1-12-3-2-4-13(7-12)20(27)22-10-18(25)24-23-9-14-11-28-17-6-5-15(21)8-16(17)19(14)26/h2-9,11H,10H2,1H3,(H,22,27)(H,24,25)/b23-9-. The van der Waals surface area contributed by atoms with Gasteiger partial charge in [0.1, 0.15) is 11.8 Å². The Morgan fingerprint density at radius 2 is 2.04 bits per heavy atom. The Labute approximate surface area is 165 Å². The highest BCUT2D eigenvalue weighted by Gasteiger charge is 2.08. The first-order valence-corrected chi connectivity index (χ1v) is 8.69. The van der Waals surface area contributed by atoms with E-state index in [0.717, 1.165) is 5.56 Å². The molecule has 0 radical (unpaired) electrons. The van der Waals surface area contributed by atoms with E-state index in [4.69, 9.17) is 16.0 Å². The molecule has 0 bridgehead atoms. The van der Waals surface area contributed by atoms with E-state index in [0.29, 0.717) is 21.6 Å². The van der Waals surface area contributed by atoms with Crippen LogP contribution in [-0.2, 0) is 4.79 Å². The average molecular weight is 398 g/mol. The first-order valence-electron chi connectivity index (χ1n) is 8.32. The van der Waals surface area contributed by atoms with Gasteiger partial charge in [-0.15, -0.1) is 0 Å². The number of carbonyl (C=O) groups excluding carboxylic acids is 2. The Kier molecular flexibility index (Phi) is 5.86. The van der Waals surface area contributed by atoms with Crippen LogP contribution in [0.25, 0.3) is 11.0 Å². The average Bonchev–Trinajstić information content (AvgIpc) is 2.68. The molecular formula is C20H16ClN3O4. The summed E-state index contributed by atoms with van der Waals surface area (Å²) in [5.74, 6) is -0.902. The molecule has 3 aromatic rings. The van der Waals surface area contributed by atoms with E-state index in [2.05, 4.69) is 15.8 Å². The molecule has 2 aromatic carbocycles. The maximum Gasteiger partial charge on any atom is 0.259 e. The Bertz CT molecular complexity index is 1140. The number of hydrogen-bond donors (Lipinski definition) is 2. The minimum atomic E-state index is -0.537. The number of halogens is 1. The minimum absolute atomic E-state index is 0.152. The number of hydrogen-bond acceptors (Lipinski definition) is 5. The molecule has 1 heterocycles. The zero-order chi connectivity index (χ0) is 20.1. The molecular weight excluding hydrogens is 382 g/mol. The maximum atomic E-state index is 12.4. The third kappa shape index (κ3) is 4.63. The highest BCUT2D eigenvalue weighted by Crippen LogP contribution is 2.16. The molecule has 8 heteroatoms. The van der Waals surface area contributed by atoms with Gasteiger partial charge in [0.15, 0.2) is 0 Å². The molecule has 0 aliphatic rings. The molecule has 28 heavy (non-hydrogen) atoms. The van der Waals surface area contributed by atoms with Crippen LogP contribution in [0, 0.1) is 6.92 Å². The molecule has 2 N–H and O–H groups in total. The second-order valence-corrected chi connectivity index (χ2v) is 6.44. The van der Waals surface area contributed by atoms with Gasteiger partial charge in [0.05, 0.1) is 23.7 Å². The fraction of sp³-hybridized carbons (Fsp3) is 0.100. The molecule has 7 nitrogen and oxygen atoms in total. The molecule has 0 saturated carbocycles. The van der Waals surface area contributed by atoms with E-state index in [1.807, 2.05) is 13.0 Å². The lowest BCUT2D eigenvalue weighted by molar-refractivity contribution is -0.120. The van der Waals surface area contributed by atoms with Crippen molar-refractivity contribution >= 4 is 40.6 Å². The van der Waals surface area contributed by atoms with Crippen LogP contribution in [0.5, 0.6) is 0 Å². The number of carbonyl (C=O) groups is 2. The van der Waals surface area contributed by atoms with Gasteiger partial charge in [0.2, 0.25) is 5.43 Å². The van der Waals surface area contributed by atoms with Crippen molar-refractivity contribution in [1.82, 2.24) is 10.7 Å². The summed E-state index contributed by atoms with van der Waals surface area (Å²) in [5.41, 5.74) is 3.87. The van der Waals surface area contributed by atoms with Crippen molar-refractivity contribution in [2.75, 3.05) is 6.54 Å². The van der Waals surface area contributed by atoms with Crippen LogP contribution < -0.4 is 16.2 Å². The van der Waals surface area contributed by atoms with Crippen LogP contribution >= 0.6 is 11.6 Å². The van der Waals surface area contributed by atoms with Crippen molar-refractivity contribution in [2.24, 2.45) is 5.10 Å². The summed E-state index contributed by atoms with van der Waals surface area (Å²) in [6, 6.07) is 11.7. The molecule has 2 amide bonds. The SMILES string of the molecule is Cc1cccc(C(=O)NCC(=O)N/N=C\c2coc3ccc(Cl)cc3c2=O)c1. The zero-order valence-corrected chi connectivity index (χ0v) is 15.6. The minimum Gasteiger partial charge on any atom is -0.463 e. The summed E-state index contributed by atoms with van der Waals surface area (Å²) in [6.45, 7) is 1.61. The smallest absolute Gasteiger partial charge is 0.259 e. The third-order valence-electron chi connectivity index (χ3n) is 3.84. The number of hydrazone groups is 1. The molecule has 142 valence electrons. The van der Waals surface area contributed by atoms with Crippen LogP contribution in [0.15, 0.2) is 63.0 Å². The molecule has 0 unspecified atom stereocenters. The van der Waals surface area contributed by atoms with Gasteiger partial charge in [-0.1, -0.05) is 29.3 Å². The Morgan fingerprint density at radius 1 is 1.21 bits per heavy atom. The molecule has 0 fully saturated rings. The summed E-state index contributed by atoms with van der Waals surface area (Å²) >= 11 is 5.90. The summed E-state index contributed by atoms with van der Waals surface area (Å²) in [6.07, 6.45) is 2.42. The second-order valence-electron chi connectivity index (χ2n) is 6.01. The Balaban J connectivity index is 1.59. The number of benzene rings is 2. The van der Waals surface area contributed by atoms with Crippen LogP contribution in [0.4, 0.5) is 0 Å².